The highest BCUT2D eigenvalue weighted by atomic mass is 16.5. The Kier molecular flexibility index (Phi) is 6.36. The summed E-state index contributed by atoms with van der Waals surface area (Å²) in [6.07, 6.45) is 2.68. The van der Waals surface area contributed by atoms with Crippen LogP contribution in [0.1, 0.15) is 52.5 Å². The van der Waals surface area contributed by atoms with Gasteiger partial charge in [-0.2, -0.15) is 0 Å². The van der Waals surface area contributed by atoms with Crippen LogP contribution in [0.15, 0.2) is 48.5 Å². The normalized spacial score (nSPS) is 18.0. The van der Waals surface area contributed by atoms with E-state index in [0.29, 0.717) is 6.61 Å². The van der Waals surface area contributed by atoms with Crippen LogP contribution in [0.5, 0.6) is 11.5 Å². The van der Waals surface area contributed by atoms with Crippen LogP contribution in [-0.2, 0) is 11.3 Å². The van der Waals surface area contributed by atoms with Gasteiger partial charge in [-0.15, -0.1) is 0 Å². The molecule has 5 heteroatoms. The lowest BCUT2D eigenvalue weighted by molar-refractivity contribution is -0.143. The second-order valence-corrected chi connectivity index (χ2v) is 10.0. The van der Waals surface area contributed by atoms with Gasteiger partial charge in [0.1, 0.15) is 17.1 Å². The molecule has 0 aromatic heterocycles. The first-order valence-electron chi connectivity index (χ1n) is 11.8. The number of para-hydroxylation sites is 3. The van der Waals surface area contributed by atoms with Crippen LogP contribution >= 0.6 is 0 Å². The molecule has 32 heavy (non-hydrogen) atoms. The van der Waals surface area contributed by atoms with Crippen LogP contribution in [0.4, 0.5) is 5.69 Å². The van der Waals surface area contributed by atoms with E-state index in [-0.39, 0.29) is 16.9 Å². The predicted octanol–water partition coefficient (Wildman–Crippen LogP) is 5.28. The number of likely N-dealkylation sites (tertiary alicyclic amines) is 1. The van der Waals surface area contributed by atoms with E-state index in [9.17, 15) is 4.79 Å². The van der Waals surface area contributed by atoms with Crippen LogP contribution < -0.4 is 14.4 Å². The van der Waals surface area contributed by atoms with Crippen molar-refractivity contribution in [1.29, 1.82) is 0 Å². The fourth-order valence-corrected chi connectivity index (χ4v) is 4.79. The van der Waals surface area contributed by atoms with Gasteiger partial charge in [-0.3, -0.25) is 4.79 Å². The summed E-state index contributed by atoms with van der Waals surface area (Å²) >= 11 is 0. The van der Waals surface area contributed by atoms with E-state index >= 15 is 0 Å². The lowest BCUT2D eigenvalue weighted by atomic mass is 9.86. The molecule has 0 radical (unpaired) electrons. The Morgan fingerprint density at radius 2 is 1.66 bits per heavy atom. The van der Waals surface area contributed by atoms with Gasteiger partial charge in [0.2, 0.25) is 5.91 Å². The second-order valence-electron chi connectivity index (χ2n) is 10.0. The zero-order valence-electron chi connectivity index (χ0n) is 19.9. The minimum atomic E-state index is -0.341. The van der Waals surface area contributed by atoms with E-state index in [2.05, 4.69) is 35.2 Å². The molecule has 0 saturated carbocycles. The van der Waals surface area contributed by atoms with Crippen molar-refractivity contribution in [3.8, 4) is 11.5 Å². The summed E-state index contributed by atoms with van der Waals surface area (Å²) in [4.78, 5) is 17.2. The second kappa shape index (κ2) is 9.05. The number of fused-ring (bicyclic) bond motifs is 1. The fraction of sp³-hybridized carbons (Fsp3) is 0.519. The summed E-state index contributed by atoms with van der Waals surface area (Å²) in [5.41, 5.74) is 1.75. The molecule has 1 spiro atoms. The summed E-state index contributed by atoms with van der Waals surface area (Å²) in [7, 11) is 0. The zero-order chi connectivity index (χ0) is 22.8. The maximum Gasteiger partial charge on any atom is 0.227 e. The molecule has 0 aliphatic carbocycles. The smallest absolute Gasteiger partial charge is 0.227 e. The summed E-state index contributed by atoms with van der Waals surface area (Å²) in [6, 6.07) is 16.6. The minimum absolute atomic E-state index is 0.223. The molecule has 0 bridgehead atoms. The molecule has 2 heterocycles. The number of carbonyl (C=O) groups excluding carboxylic acids is 1. The van der Waals surface area contributed by atoms with Crippen molar-refractivity contribution in [2.75, 3.05) is 31.1 Å². The molecule has 1 amide bonds. The number of piperidine rings is 1. The van der Waals surface area contributed by atoms with Crippen LogP contribution in [0.25, 0.3) is 0 Å². The molecule has 1 saturated heterocycles. The molecule has 0 atom stereocenters. The summed E-state index contributed by atoms with van der Waals surface area (Å²) in [5, 5.41) is 0. The van der Waals surface area contributed by atoms with E-state index in [1.165, 1.54) is 5.56 Å². The average molecular weight is 437 g/mol. The van der Waals surface area contributed by atoms with Crippen LogP contribution in [0.3, 0.4) is 0 Å². The minimum Gasteiger partial charge on any atom is -0.494 e. The number of rotatable bonds is 4. The Hall–Kier alpha value is -2.69. The number of hydrogen-bond acceptors (Lipinski definition) is 4. The predicted molar refractivity (Wildman–Crippen MR) is 128 cm³/mol. The Balaban J connectivity index is 1.54. The van der Waals surface area contributed by atoms with Gasteiger partial charge in [0, 0.05) is 56.4 Å². The first-order chi connectivity index (χ1) is 15.3. The van der Waals surface area contributed by atoms with Gasteiger partial charge in [-0.05, 0) is 25.1 Å². The van der Waals surface area contributed by atoms with Crippen molar-refractivity contribution < 1.29 is 14.3 Å². The van der Waals surface area contributed by atoms with Crippen molar-refractivity contribution in [2.45, 2.75) is 59.1 Å². The molecule has 0 unspecified atom stereocenters. The van der Waals surface area contributed by atoms with Gasteiger partial charge in [0.25, 0.3) is 0 Å². The van der Waals surface area contributed by atoms with Gasteiger partial charge in [0.05, 0.1) is 12.3 Å². The number of hydrogen-bond donors (Lipinski definition) is 0. The lowest BCUT2D eigenvalue weighted by Crippen LogP contribution is -2.52. The van der Waals surface area contributed by atoms with E-state index in [0.717, 1.165) is 62.6 Å². The number of ether oxygens (including phenoxy) is 2. The Morgan fingerprint density at radius 3 is 2.38 bits per heavy atom. The van der Waals surface area contributed by atoms with E-state index in [1.54, 1.807) is 0 Å². The number of benzene rings is 2. The molecule has 2 aliphatic heterocycles. The highest BCUT2D eigenvalue weighted by Gasteiger charge is 2.42. The summed E-state index contributed by atoms with van der Waals surface area (Å²) < 4.78 is 12.6. The van der Waals surface area contributed by atoms with Crippen LogP contribution in [0.2, 0.25) is 0 Å². The highest BCUT2D eigenvalue weighted by Crippen LogP contribution is 2.41. The monoisotopic (exact) mass is 436 g/mol. The SMILES string of the molecule is CCOc1ccccc1CN1CCC2(CCN(C(=O)C(C)(C)C)CC2)Oc2ccccc21. The maximum atomic E-state index is 12.8. The Labute approximate surface area is 192 Å². The number of anilines is 1. The molecule has 5 nitrogen and oxygen atoms in total. The highest BCUT2D eigenvalue weighted by molar-refractivity contribution is 5.81. The molecule has 2 aromatic rings. The van der Waals surface area contributed by atoms with Crippen molar-refractivity contribution in [2.24, 2.45) is 5.41 Å². The van der Waals surface area contributed by atoms with Gasteiger partial charge < -0.3 is 19.3 Å². The van der Waals surface area contributed by atoms with Gasteiger partial charge in [0.15, 0.2) is 0 Å². The molecule has 0 N–H and O–H groups in total. The Morgan fingerprint density at radius 1 is 1.00 bits per heavy atom. The van der Waals surface area contributed by atoms with Crippen LogP contribution in [-0.4, -0.2) is 42.6 Å². The lowest BCUT2D eigenvalue weighted by Gasteiger charge is -2.42. The topological polar surface area (TPSA) is 42.0 Å². The van der Waals surface area contributed by atoms with E-state index in [1.807, 2.05) is 50.8 Å². The van der Waals surface area contributed by atoms with E-state index < -0.39 is 0 Å². The van der Waals surface area contributed by atoms with E-state index in [4.69, 9.17) is 9.47 Å². The molecule has 2 aromatic carbocycles. The molecular weight excluding hydrogens is 400 g/mol. The largest absolute Gasteiger partial charge is 0.494 e. The standard InChI is InChI=1S/C27H36N2O3/c1-5-31-23-12-8-6-10-21(23)20-29-19-16-27(32-24-13-9-7-11-22(24)29)14-17-28(18-15-27)25(30)26(2,3)4/h6-13H,5,14-20H2,1-4H3. The average Bonchev–Trinajstić information content (AvgIpc) is 2.92. The van der Waals surface area contributed by atoms with Crippen molar-refractivity contribution in [3.63, 3.8) is 0 Å². The van der Waals surface area contributed by atoms with Gasteiger partial charge in [-0.1, -0.05) is 51.1 Å². The first-order valence-corrected chi connectivity index (χ1v) is 11.8. The summed E-state index contributed by atoms with van der Waals surface area (Å²) in [5.74, 6) is 2.12. The number of carbonyl (C=O) groups is 1. The third kappa shape index (κ3) is 4.72. The Bertz CT molecular complexity index is 942. The quantitative estimate of drug-likeness (QED) is 0.654. The molecular formula is C27H36N2O3. The molecule has 1 fully saturated rings. The third-order valence-electron chi connectivity index (χ3n) is 6.61. The fourth-order valence-electron chi connectivity index (χ4n) is 4.79. The number of amides is 1. The van der Waals surface area contributed by atoms with Gasteiger partial charge >= 0.3 is 0 Å². The summed E-state index contributed by atoms with van der Waals surface area (Å²) in [6.45, 7) is 11.9. The van der Waals surface area contributed by atoms with Crippen molar-refractivity contribution in [1.82, 2.24) is 4.90 Å². The van der Waals surface area contributed by atoms with Crippen LogP contribution in [0, 0.1) is 5.41 Å². The number of nitrogens with zero attached hydrogens (tertiary/aromatic N) is 2. The van der Waals surface area contributed by atoms with Crippen molar-refractivity contribution >= 4 is 11.6 Å². The zero-order valence-corrected chi connectivity index (χ0v) is 19.9. The van der Waals surface area contributed by atoms with Gasteiger partial charge in [-0.25, -0.2) is 0 Å². The molecule has 2 aliphatic rings. The maximum absolute atomic E-state index is 12.8. The first kappa shape index (κ1) is 22.5. The molecule has 172 valence electrons. The van der Waals surface area contributed by atoms with Crippen molar-refractivity contribution in [3.05, 3.63) is 54.1 Å². The molecule has 4 rings (SSSR count). The third-order valence-corrected chi connectivity index (χ3v) is 6.61.